The SMILES string of the molecule is O=C1C2=C(CCCC2)C(=O)C1Nc1ccc(C(F)(F)F)cn1. The van der Waals surface area contributed by atoms with E-state index in [0.29, 0.717) is 30.2 Å². The van der Waals surface area contributed by atoms with Crippen molar-refractivity contribution in [3.05, 3.63) is 35.0 Å². The van der Waals surface area contributed by atoms with Gasteiger partial charge in [0.15, 0.2) is 17.6 Å². The first-order valence-corrected chi connectivity index (χ1v) is 6.98. The van der Waals surface area contributed by atoms with Gasteiger partial charge in [-0.3, -0.25) is 9.59 Å². The largest absolute Gasteiger partial charge is 0.417 e. The van der Waals surface area contributed by atoms with Crippen LogP contribution in [0.25, 0.3) is 0 Å². The molecule has 0 aromatic carbocycles. The van der Waals surface area contributed by atoms with Crippen molar-refractivity contribution in [2.24, 2.45) is 0 Å². The highest BCUT2D eigenvalue weighted by molar-refractivity contribution is 6.29. The Labute approximate surface area is 124 Å². The quantitative estimate of drug-likeness (QED) is 0.853. The molecule has 2 aliphatic rings. The molecule has 116 valence electrons. The summed E-state index contributed by atoms with van der Waals surface area (Å²) >= 11 is 0. The summed E-state index contributed by atoms with van der Waals surface area (Å²) < 4.78 is 37.4. The zero-order valence-electron chi connectivity index (χ0n) is 11.5. The van der Waals surface area contributed by atoms with Gasteiger partial charge in [0.2, 0.25) is 0 Å². The molecule has 7 heteroatoms. The topological polar surface area (TPSA) is 59.1 Å². The summed E-state index contributed by atoms with van der Waals surface area (Å²) in [5.74, 6) is -0.470. The standard InChI is InChI=1S/C15H13F3N2O2/c16-15(17,18)8-5-6-11(19-7-8)20-12-13(21)9-3-1-2-4-10(9)14(12)22/h5-7,12H,1-4H2,(H,19,20). The molecule has 1 N–H and O–H groups in total. The van der Waals surface area contributed by atoms with Crippen LogP contribution in [0.3, 0.4) is 0 Å². The molecule has 0 saturated heterocycles. The molecule has 0 unspecified atom stereocenters. The summed E-state index contributed by atoms with van der Waals surface area (Å²) in [5, 5.41) is 2.66. The van der Waals surface area contributed by atoms with Crippen LogP contribution < -0.4 is 5.32 Å². The number of nitrogens with one attached hydrogen (secondary N) is 1. The number of carbonyl (C=O) groups is 2. The van der Waals surface area contributed by atoms with Gasteiger partial charge >= 0.3 is 6.18 Å². The fourth-order valence-electron chi connectivity index (χ4n) is 2.84. The minimum atomic E-state index is -4.47. The van der Waals surface area contributed by atoms with Gasteiger partial charge in [0.25, 0.3) is 0 Å². The van der Waals surface area contributed by atoms with Crippen LogP contribution in [0.5, 0.6) is 0 Å². The first kappa shape index (κ1) is 14.7. The van der Waals surface area contributed by atoms with Crippen LogP contribution in [-0.2, 0) is 15.8 Å². The van der Waals surface area contributed by atoms with Crippen molar-refractivity contribution in [2.75, 3.05) is 5.32 Å². The molecule has 4 nitrogen and oxygen atoms in total. The Morgan fingerprint density at radius 1 is 1.05 bits per heavy atom. The highest BCUT2D eigenvalue weighted by Gasteiger charge is 2.41. The van der Waals surface area contributed by atoms with Crippen molar-refractivity contribution >= 4 is 17.4 Å². The van der Waals surface area contributed by atoms with Crippen LogP contribution in [0.15, 0.2) is 29.5 Å². The number of anilines is 1. The van der Waals surface area contributed by atoms with E-state index in [4.69, 9.17) is 0 Å². The van der Waals surface area contributed by atoms with Gasteiger partial charge in [0.05, 0.1) is 5.56 Å². The Balaban J connectivity index is 1.77. The molecule has 0 atom stereocenters. The summed E-state index contributed by atoms with van der Waals surface area (Å²) in [5.41, 5.74) is 0.265. The Hall–Kier alpha value is -2.18. The molecule has 22 heavy (non-hydrogen) atoms. The fourth-order valence-corrected chi connectivity index (χ4v) is 2.84. The minimum Gasteiger partial charge on any atom is -0.353 e. The summed E-state index contributed by atoms with van der Waals surface area (Å²) in [6, 6.07) is 0.945. The lowest BCUT2D eigenvalue weighted by molar-refractivity contribution is -0.137. The highest BCUT2D eigenvalue weighted by Crippen LogP contribution is 2.34. The molecule has 0 fully saturated rings. The van der Waals surface area contributed by atoms with Crippen molar-refractivity contribution in [1.82, 2.24) is 4.98 Å². The normalized spacial score (nSPS) is 19.6. The van der Waals surface area contributed by atoms with Crippen LogP contribution in [0.4, 0.5) is 19.0 Å². The smallest absolute Gasteiger partial charge is 0.353 e. The second kappa shape index (κ2) is 5.23. The van der Waals surface area contributed by atoms with Gasteiger partial charge in [-0.15, -0.1) is 0 Å². The first-order valence-electron chi connectivity index (χ1n) is 6.98. The van der Waals surface area contributed by atoms with E-state index in [1.54, 1.807) is 0 Å². The predicted molar refractivity (Wildman–Crippen MR) is 72.2 cm³/mol. The maximum absolute atomic E-state index is 12.5. The van der Waals surface area contributed by atoms with Crippen molar-refractivity contribution in [1.29, 1.82) is 0 Å². The summed E-state index contributed by atoms with van der Waals surface area (Å²) in [7, 11) is 0. The number of hydrogen-bond donors (Lipinski definition) is 1. The molecule has 0 bridgehead atoms. The van der Waals surface area contributed by atoms with Crippen molar-refractivity contribution in [2.45, 2.75) is 37.9 Å². The van der Waals surface area contributed by atoms with E-state index in [0.717, 1.165) is 25.0 Å². The molecule has 1 aromatic heterocycles. The second-order valence-electron chi connectivity index (χ2n) is 5.40. The maximum Gasteiger partial charge on any atom is 0.417 e. The molecule has 1 heterocycles. The average molecular weight is 310 g/mol. The highest BCUT2D eigenvalue weighted by atomic mass is 19.4. The molecule has 0 aliphatic heterocycles. The van der Waals surface area contributed by atoms with E-state index in [1.807, 2.05) is 0 Å². The zero-order valence-corrected chi connectivity index (χ0v) is 11.5. The predicted octanol–water partition coefficient (Wildman–Crippen LogP) is 2.90. The zero-order chi connectivity index (χ0) is 15.9. The summed E-state index contributed by atoms with van der Waals surface area (Å²) in [6.07, 6.45) is -0.839. The average Bonchev–Trinajstić information content (AvgIpc) is 2.73. The number of nitrogens with zero attached hydrogens (tertiary/aromatic N) is 1. The third kappa shape index (κ3) is 2.51. The van der Waals surface area contributed by atoms with Crippen LogP contribution in [0.2, 0.25) is 0 Å². The number of Topliss-reactive ketones (excluding diaryl/α,β-unsaturated/α-hetero) is 2. The Bertz CT molecular complexity index is 634. The minimum absolute atomic E-state index is 0.0829. The number of rotatable bonds is 2. The van der Waals surface area contributed by atoms with Crippen molar-refractivity contribution in [3.8, 4) is 0 Å². The van der Waals surface area contributed by atoms with Gasteiger partial charge < -0.3 is 5.32 Å². The lowest BCUT2D eigenvalue weighted by Crippen LogP contribution is -2.33. The van der Waals surface area contributed by atoms with Crippen LogP contribution in [0.1, 0.15) is 31.2 Å². The van der Waals surface area contributed by atoms with Crippen LogP contribution in [0, 0.1) is 0 Å². The van der Waals surface area contributed by atoms with E-state index in [9.17, 15) is 22.8 Å². The van der Waals surface area contributed by atoms with Crippen molar-refractivity contribution < 1.29 is 22.8 Å². The van der Waals surface area contributed by atoms with E-state index in [-0.39, 0.29) is 17.4 Å². The number of carbonyl (C=O) groups excluding carboxylic acids is 2. The van der Waals surface area contributed by atoms with E-state index >= 15 is 0 Å². The Morgan fingerprint density at radius 2 is 1.64 bits per heavy atom. The number of halogens is 3. The van der Waals surface area contributed by atoms with Gasteiger partial charge in [0, 0.05) is 17.3 Å². The van der Waals surface area contributed by atoms with E-state index in [1.165, 1.54) is 0 Å². The van der Waals surface area contributed by atoms with Gasteiger partial charge in [-0.1, -0.05) is 0 Å². The number of hydrogen-bond acceptors (Lipinski definition) is 4. The second-order valence-corrected chi connectivity index (χ2v) is 5.40. The van der Waals surface area contributed by atoms with Gasteiger partial charge in [-0.25, -0.2) is 4.98 Å². The molecule has 3 rings (SSSR count). The fraction of sp³-hybridized carbons (Fsp3) is 0.400. The van der Waals surface area contributed by atoms with Gasteiger partial charge in [-0.05, 0) is 37.8 Å². The third-order valence-electron chi connectivity index (χ3n) is 3.97. The van der Waals surface area contributed by atoms with E-state index in [2.05, 4.69) is 10.3 Å². The summed E-state index contributed by atoms with van der Waals surface area (Å²) in [4.78, 5) is 28.1. The first-order chi connectivity index (χ1) is 10.4. The van der Waals surface area contributed by atoms with Gasteiger partial charge in [-0.2, -0.15) is 13.2 Å². The molecule has 0 saturated carbocycles. The molecular formula is C15H13F3N2O2. The molecule has 0 radical (unpaired) electrons. The van der Waals surface area contributed by atoms with Crippen LogP contribution in [-0.4, -0.2) is 22.6 Å². The lowest BCUT2D eigenvalue weighted by Gasteiger charge is -2.12. The Morgan fingerprint density at radius 3 is 2.09 bits per heavy atom. The lowest BCUT2D eigenvalue weighted by atomic mass is 9.93. The number of aromatic nitrogens is 1. The molecule has 0 spiro atoms. The summed E-state index contributed by atoms with van der Waals surface area (Å²) in [6.45, 7) is 0. The Kier molecular flexibility index (Phi) is 3.50. The molecule has 1 aromatic rings. The number of alkyl halides is 3. The number of pyridine rings is 1. The maximum atomic E-state index is 12.5. The van der Waals surface area contributed by atoms with Crippen LogP contribution >= 0.6 is 0 Å². The third-order valence-corrected chi connectivity index (χ3v) is 3.97. The van der Waals surface area contributed by atoms with Crippen molar-refractivity contribution in [3.63, 3.8) is 0 Å². The monoisotopic (exact) mass is 310 g/mol. The molecule has 2 aliphatic carbocycles. The molecular weight excluding hydrogens is 297 g/mol. The van der Waals surface area contributed by atoms with Gasteiger partial charge in [0.1, 0.15) is 5.82 Å². The number of ketones is 2. The van der Waals surface area contributed by atoms with E-state index < -0.39 is 17.8 Å². The molecule has 0 amide bonds.